The van der Waals surface area contributed by atoms with Crippen molar-refractivity contribution in [2.45, 2.75) is 38.7 Å². The molecule has 66 valence electrons. The van der Waals surface area contributed by atoms with Crippen molar-refractivity contribution >= 4 is 0 Å². The molecule has 3 atom stereocenters. The van der Waals surface area contributed by atoms with Crippen molar-refractivity contribution in [3.05, 3.63) is 0 Å². The highest BCUT2D eigenvalue weighted by Crippen LogP contribution is 2.34. The Morgan fingerprint density at radius 2 is 2.27 bits per heavy atom. The smallest absolute Gasteiger partial charge is 0.0665 e. The van der Waals surface area contributed by atoms with Crippen LogP contribution < -0.4 is 5.73 Å². The Morgan fingerprint density at radius 1 is 1.55 bits per heavy atom. The maximum atomic E-state index is 9.31. The topological polar surface area (TPSA) is 46.2 Å². The minimum Gasteiger partial charge on any atom is -0.392 e. The van der Waals surface area contributed by atoms with E-state index >= 15 is 0 Å². The molecule has 0 aromatic carbocycles. The summed E-state index contributed by atoms with van der Waals surface area (Å²) in [5, 5.41) is 9.31. The minimum absolute atomic E-state index is 0.263. The normalized spacial score (nSPS) is 34.1. The van der Waals surface area contributed by atoms with E-state index in [0.29, 0.717) is 6.54 Å². The molecule has 0 amide bonds. The van der Waals surface area contributed by atoms with Gasteiger partial charge in [-0.05, 0) is 18.3 Å². The number of aliphatic hydroxyl groups excluding tert-OH is 1. The van der Waals surface area contributed by atoms with Gasteiger partial charge < -0.3 is 10.8 Å². The first-order valence-corrected chi connectivity index (χ1v) is 4.62. The molecule has 0 spiro atoms. The zero-order valence-electron chi connectivity index (χ0n) is 7.29. The monoisotopic (exact) mass is 157 g/mol. The first-order valence-electron chi connectivity index (χ1n) is 4.62. The first kappa shape index (κ1) is 9.01. The quantitative estimate of drug-likeness (QED) is 0.645. The third kappa shape index (κ3) is 2.46. The van der Waals surface area contributed by atoms with Crippen molar-refractivity contribution in [2.75, 3.05) is 6.54 Å². The number of hydrogen-bond acceptors (Lipinski definition) is 2. The molecule has 0 aromatic heterocycles. The van der Waals surface area contributed by atoms with Crippen LogP contribution in [0, 0.1) is 11.8 Å². The summed E-state index contributed by atoms with van der Waals surface area (Å²) in [6.07, 6.45) is 4.61. The van der Waals surface area contributed by atoms with Crippen molar-refractivity contribution in [1.82, 2.24) is 0 Å². The molecule has 1 aliphatic carbocycles. The van der Waals surface area contributed by atoms with Crippen LogP contribution in [0.1, 0.15) is 32.6 Å². The lowest BCUT2D eigenvalue weighted by molar-refractivity contribution is 0.140. The highest BCUT2D eigenvalue weighted by Gasteiger charge is 2.24. The molecule has 0 aromatic rings. The lowest BCUT2D eigenvalue weighted by Gasteiger charge is -2.17. The Kier molecular flexibility index (Phi) is 3.34. The van der Waals surface area contributed by atoms with E-state index in [1.807, 2.05) is 0 Å². The van der Waals surface area contributed by atoms with Crippen LogP contribution in [0.25, 0.3) is 0 Å². The van der Waals surface area contributed by atoms with Gasteiger partial charge in [0.05, 0.1) is 6.10 Å². The van der Waals surface area contributed by atoms with Crippen LogP contribution in [0.3, 0.4) is 0 Å². The SMILES string of the molecule is CC1CCCC1CC(O)CN. The standard InChI is InChI=1S/C9H19NO/c1-7-3-2-4-8(7)5-9(11)6-10/h7-9,11H,2-6,10H2,1H3. The van der Waals surface area contributed by atoms with Gasteiger partial charge in [-0.3, -0.25) is 0 Å². The lowest BCUT2D eigenvalue weighted by Crippen LogP contribution is -2.23. The molecule has 1 rings (SSSR count). The Labute approximate surface area is 68.8 Å². The van der Waals surface area contributed by atoms with E-state index in [-0.39, 0.29) is 6.10 Å². The minimum atomic E-state index is -0.263. The summed E-state index contributed by atoms with van der Waals surface area (Å²) in [6, 6.07) is 0. The maximum absolute atomic E-state index is 9.31. The van der Waals surface area contributed by atoms with Crippen LogP contribution in [0.5, 0.6) is 0 Å². The van der Waals surface area contributed by atoms with Crippen molar-refractivity contribution in [3.8, 4) is 0 Å². The molecule has 0 heterocycles. The van der Waals surface area contributed by atoms with Crippen LogP contribution >= 0.6 is 0 Å². The van der Waals surface area contributed by atoms with Gasteiger partial charge >= 0.3 is 0 Å². The van der Waals surface area contributed by atoms with Crippen molar-refractivity contribution in [2.24, 2.45) is 17.6 Å². The van der Waals surface area contributed by atoms with Crippen molar-refractivity contribution in [3.63, 3.8) is 0 Å². The number of nitrogens with two attached hydrogens (primary N) is 1. The van der Waals surface area contributed by atoms with Crippen LogP contribution in [0.2, 0.25) is 0 Å². The van der Waals surface area contributed by atoms with Crippen molar-refractivity contribution in [1.29, 1.82) is 0 Å². The Balaban J connectivity index is 2.24. The van der Waals surface area contributed by atoms with Crippen LogP contribution in [-0.4, -0.2) is 17.8 Å². The van der Waals surface area contributed by atoms with Gasteiger partial charge in [0.15, 0.2) is 0 Å². The van der Waals surface area contributed by atoms with Gasteiger partial charge in [-0.15, -0.1) is 0 Å². The predicted molar refractivity (Wildman–Crippen MR) is 46.2 cm³/mol. The summed E-state index contributed by atoms with van der Waals surface area (Å²) in [5.41, 5.74) is 5.35. The average molecular weight is 157 g/mol. The van der Waals surface area contributed by atoms with Gasteiger partial charge in [0.2, 0.25) is 0 Å². The molecule has 11 heavy (non-hydrogen) atoms. The van der Waals surface area contributed by atoms with E-state index in [1.54, 1.807) is 0 Å². The first-order chi connectivity index (χ1) is 5.24. The summed E-state index contributed by atoms with van der Waals surface area (Å²) >= 11 is 0. The van der Waals surface area contributed by atoms with Crippen molar-refractivity contribution < 1.29 is 5.11 Å². The third-order valence-corrected chi connectivity index (χ3v) is 2.89. The number of aliphatic hydroxyl groups is 1. The van der Waals surface area contributed by atoms with E-state index in [9.17, 15) is 5.11 Å². The van der Waals surface area contributed by atoms with E-state index in [2.05, 4.69) is 6.92 Å². The second kappa shape index (κ2) is 4.07. The van der Waals surface area contributed by atoms with E-state index in [0.717, 1.165) is 18.3 Å². The Hall–Kier alpha value is -0.0800. The molecule has 3 N–H and O–H groups in total. The summed E-state index contributed by atoms with van der Waals surface area (Å²) in [4.78, 5) is 0. The molecule has 1 fully saturated rings. The third-order valence-electron chi connectivity index (χ3n) is 2.89. The molecule has 1 saturated carbocycles. The highest BCUT2D eigenvalue weighted by atomic mass is 16.3. The van der Waals surface area contributed by atoms with E-state index in [1.165, 1.54) is 19.3 Å². The molecule has 0 aliphatic heterocycles. The fraction of sp³-hybridized carbons (Fsp3) is 1.00. The summed E-state index contributed by atoms with van der Waals surface area (Å²) in [7, 11) is 0. The second-order valence-corrected chi connectivity index (χ2v) is 3.79. The van der Waals surface area contributed by atoms with Crippen LogP contribution in [-0.2, 0) is 0 Å². The molecule has 0 saturated heterocycles. The second-order valence-electron chi connectivity index (χ2n) is 3.79. The molecule has 1 aliphatic rings. The summed E-state index contributed by atoms with van der Waals surface area (Å²) in [5.74, 6) is 1.53. The lowest BCUT2D eigenvalue weighted by atomic mass is 9.92. The molecule has 0 bridgehead atoms. The predicted octanol–water partition coefficient (Wildman–Crippen LogP) is 1.13. The van der Waals surface area contributed by atoms with Gasteiger partial charge in [0.25, 0.3) is 0 Å². The fourth-order valence-corrected chi connectivity index (χ4v) is 2.02. The molecular formula is C9H19NO. The largest absolute Gasteiger partial charge is 0.392 e. The van der Waals surface area contributed by atoms with Gasteiger partial charge in [0, 0.05) is 6.54 Å². The van der Waals surface area contributed by atoms with E-state index < -0.39 is 0 Å². The number of rotatable bonds is 3. The van der Waals surface area contributed by atoms with Gasteiger partial charge in [0.1, 0.15) is 0 Å². The summed E-state index contributed by atoms with van der Waals surface area (Å²) in [6.45, 7) is 2.70. The number of hydrogen-bond donors (Lipinski definition) is 2. The zero-order valence-corrected chi connectivity index (χ0v) is 7.29. The van der Waals surface area contributed by atoms with Gasteiger partial charge in [-0.1, -0.05) is 26.2 Å². The fourth-order valence-electron chi connectivity index (χ4n) is 2.02. The molecule has 2 nitrogen and oxygen atoms in total. The molecular weight excluding hydrogens is 138 g/mol. The van der Waals surface area contributed by atoms with Gasteiger partial charge in [-0.2, -0.15) is 0 Å². The molecule has 0 radical (unpaired) electrons. The Bertz CT molecular complexity index is 116. The maximum Gasteiger partial charge on any atom is 0.0665 e. The summed E-state index contributed by atoms with van der Waals surface area (Å²) < 4.78 is 0. The average Bonchev–Trinajstić information content (AvgIpc) is 2.37. The highest BCUT2D eigenvalue weighted by molar-refractivity contribution is 4.76. The van der Waals surface area contributed by atoms with Crippen LogP contribution in [0.15, 0.2) is 0 Å². The van der Waals surface area contributed by atoms with E-state index in [4.69, 9.17) is 5.73 Å². The Morgan fingerprint density at radius 3 is 2.73 bits per heavy atom. The van der Waals surface area contributed by atoms with Gasteiger partial charge in [-0.25, -0.2) is 0 Å². The molecule has 3 unspecified atom stereocenters. The van der Waals surface area contributed by atoms with Crippen LogP contribution in [0.4, 0.5) is 0 Å². The zero-order chi connectivity index (χ0) is 8.27. The molecule has 2 heteroatoms.